The molecule has 1 saturated carbocycles. The molecule has 2 fully saturated rings. The number of nitrogens with zero attached hydrogens (tertiary/aromatic N) is 2. The van der Waals surface area contributed by atoms with Crippen LogP contribution in [0, 0.1) is 0 Å². The lowest BCUT2D eigenvalue weighted by atomic mass is 9.97. The lowest BCUT2D eigenvalue weighted by Gasteiger charge is -2.39. The van der Waals surface area contributed by atoms with Crippen LogP contribution in [0.1, 0.15) is 39.0 Å². The van der Waals surface area contributed by atoms with E-state index in [2.05, 4.69) is 29.1 Å². The molecule has 2 rings (SSSR count). The zero-order valence-corrected chi connectivity index (χ0v) is 12.9. The maximum Gasteiger partial charge on any atom is 0.0613 e. The van der Waals surface area contributed by atoms with E-state index in [-0.39, 0.29) is 12.1 Å². The molecular weight excluding hydrogens is 238 g/mol. The second-order valence-electron chi connectivity index (χ2n) is 6.42. The zero-order valence-electron chi connectivity index (χ0n) is 12.9. The molecule has 0 amide bonds. The smallest absolute Gasteiger partial charge is 0.0613 e. The summed E-state index contributed by atoms with van der Waals surface area (Å²) in [5.41, 5.74) is -0.0248. The van der Waals surface area contributed by atoms with E-state index in [0.717, 1.165) is 18.9 Å². The van der Waals surface area contributed by atoms with Gasteiger partial charge in [0, 0.05) is 17.6 Å². The predicted octanol–water partition coefficient (Wildman–Crippen LogP) is 0.906. The van der Waals surface area contributed by atoms with Gasteiger partial charge in [0.25, 0.3) is 0 Å². The molecule has 2 atom stereocenters. The topological polar surface area (TPSA) is 38.7 Å². The maximum absolute atomic E-state index is 9.61. The molecule has 2 N–H and O–H groups in total. The third kappa shape index (κ3) is 3.30. The Hall–Kier alpha value is -0.160. The number of hydrogen-bond donors (Lipinski definition) is 2. The number of aliphatic hydroxyl groups excluding tert-OH is 1. The van der Waals surface area contributed by atoms with Crippen LogP contribution in [0.5, 0.6) is 0 Å². The number of likely N-dealkylation sites (N-methyl/N-ethyl adjacent to an activating group) is 1. The van der Waals surface area contributed by atoms with Crippen molar-refractivity contribution >= 4 is 0 Å². The molecule has 0 aromatic rings. The van der Waals surface area contributed by atoms with Gasteiger partial charge in [-0.3, -0.25) is 0 Å². The summed E-state index contributed by atoms with van der Waals surface area (Å²) in [7, 11) is 4.28. The van der Waals surface area contributed by atoms with Crippen LogP contribution in [0.2, 0.25) is 0 Å². The SMILES string of the molecule is CCN1CCC(N(C)C2CCC(CO)(NC)C2)CC1. The Morgan fingerprint density at radius 2 is 1.95 bits per heavy atom. The summed E-state index contributed by atoms with van der Waals surface area (Å²) in [5, 5.41) is 13.0. The number of piperidine rings is 1. The molecule has 4 heteroatoms. The minimum atomic E-state index is -0.0248. The van der Waals surface area contributed by atoms with E-state index in [9.17, 15) is 5.11 Å². The fourth-order valence-corrected chi connectivity index (χ4v) is 3.84. The van der Waals surface area contributed by atoms with Crippen molar-refractivity contribution in [2.75, 3.05) is 40.3 Å². The minimum absolute atomic E-state index is 0.0248. The molecule has 4 nitrogen and oxygen atoms in total. The molecule has 2 aliphatic rings. The average molecular weight is 269 g/mol. The molecule has 1 heterocycles. The van der Waals surface area contributed by atoms with Gasteiger partial charge in [0.15, 0.2) is 0 Å². The van der Waals surface area contributed by atoms with Crippen molar-refractivity contribution in [1.82, 2.24) is 15.1 Å². The van der Waals surface area contributed by atoms with E-state index in [0.29, 0.717) is 6.04 Å². The van der Waals surface area contributed by atoms with Crippen LogP contribution in [0.25, 0.3) is 0 Å². The average Bonchev–Trinajstić information content (AvgIpc) is 2.92. The van der Waals surface area contributed by atoms with Gasteiger partial charge in [-0.05, 0) is 65.8 Å². The molecule has 0 spiro atoms. The third-order valence-electron chi connectivity index (χ3n) is 5.57. The van der Waals surface area contributed by atoms with E-state index < -0.39 is 0 Å². The van der Waals surface area contributed by atoms with Gasteiger partial charge in [-0.2, -0.15) is 0 Å². The second-order valence-corrected chi connectivity index (χ2v) is 6.42. The largest absolute Gasteiger partial charge is 0.394 e. The fourth-order valence-electron chi connectivity index (χ4n) is 3.84. The van der Waals surface area contributed by atoms with Crippen LogP contribution in [0.15, 0.2) is 0 Å². The molecule has 0 radical (unpaired) electrons. The van der Waals surface area contributed by atoms with E-state index in [1.165, 1.54) is 38.9 Å². The summed E-state index contributed by atoms with van der Waals surface area (Å²) in [6, 6.07) is 1.37. The first-order valence-corrected chi connectivity index (χ1v) is 7.88. The van der Waals surface area contributed by atoms with Crippen molar-refractivity contribution in [3.05, 3.63) is 0 Å². The Balaban J connectivity index is 1.86. The van der Waals surface area contributed by atoms with E-state index >= 15 is 0 Å². The van der Waals surface area contributed by atoms with Crippen LogP contribution >= 0.6 is 0 Å². The van der Waals surface area contributed by atoms with Crippen molar-refractivity contribution in [1.29, 1.82) is 0 Å². The van der Waals surface area contributed by atoms with Gasteiger partial charge in [-0.25, -0.2) is 0 Å². The molecular formula is C15H31N3O. The lowest BCUT2D eigenvalue weighted by molar-refractivity contribution is 0.0917. The van der Waals surface area contributed by atoms with Crippen molar-refractivity contribution in [3.8, 4) is 0 Å². The van der Waals surface area contributed by atoms with Crippen molar-refractivity contribution in [2.45, 2.75) is 56.7 Å². The van der Waals surface area contributed by atoms with Crippen LogP contribution < -0.4 is 5.32 Å². The summed E-state index contributed by atoms with van der Waals surface area (Å²) in [4.78, 5) is 5.15. The summed E-state index contributed by atoms with van der Waals surface area (Å²) in [6.45, 7) is 6.20. The molecule has 1 aliphatic carbocycles. The van der Waals surface area contributed by atoms with Crippen LogP contribution in [-0.4, -0.2) is 72.9 Å². The quantitative estimate of drug-likeness (QED) is 0.778. The summed E-state index contributed by atoms with van der Waals surface area (Å²) >= 11 is 0. The first-order valence-electron chi connectivity index (χ1n) is 7.88. The van der Waals surface area contributed by atoms with Gasteiger partial charge in [-0.15, -0.1) is 0 Å². The predicted molar refractivity (Wildman–Crippen MR) is 79.4 cm³/mol. The summed E-state index contributed by atoms with van der Waals surface area (Å²) in [5.74, 6) is 0. The molecule has 0 bridgehead atoms. The Labute approximate surface area is 118 Å². The summed E-state index contributed by atoms with van der Waals surface area (Å²) < 4.78 is 0. The molecule has 2 unspecified atom stereocenters. The molecule has 1 aliphatic heterocycles. The maximum atomic E-state index is 9.61. The van der Waals surface area contributed by atoms with Crippen LogP contribution in [-0.2, 0) is 0 Å². The van der Waals surface area contributed by atoms with Crippen molar-refractivity contribution in [3.63, 3.8) is 0 Å². The van der Waals surface area contributed by atoms with Crippen molar-refractivity contribution in [2.24, 2.45) is 0 Å². The first kappa shape index (κ1) is 15.2. The van der Waals surface area contributed by atoms with Gasteiger partial charge in [0.05, 0.1) is 6.61 Å². The highest BCUT2D eigenvalue weighted by molar-refractivity contribution is 4.99. The standard InChI is InChI=1S/C15H31N3O/c1-4-18-9-6-13(7-10-18)17(3)14-5-8-15(11-14,12-19)16-2/h13-14,16,19H,4-12H2,1-3H3. The van der Waals surface area contributed by atoms with E-state index in [1.54, 1.807) is 0 Å². The van der Waals surface area contributed by atoms with Gasteiger partial charge < -0.3 is 20.2 Å². The van der Waals surface area contributed by atoms with Gasteiger partial charge >= 0.3 is 0 Å². The van der Waals surface area contributed by atoms with Gasteiger partial charge in [0.2, 0.25) is 0 Å². The monoisotopic (exact) mass is 269 g/mol. The van der Waals surface area contributed by atoms with Crippen LogP contribution in [0.4, 0.5) is 0 Å². The van der Waals surface area contributed by atoms with Crippen LogP contribution in [0.3, 0.4) is 0 Å². The Morgan fingerprint density at radius 3 is 2.42 bits per heavy atom. The Morgan fingerprint density at radius 1 is 1.26 bits per heavy atom. The number of nitrogens with one attached hydrogen (secondary N) is 1. The number of rotatable bonds is 5. The highest BCUT2D eigenvalue weighted by Crippen LogP contribution is 2.34. The second kappa shape index (κ2) is 6.53. The van der Waals surface area contributed by atoms with E-state index in [4.69, 9.17) is 0 Å². The van der Waals surface area contributed by atoms with Crippen molar-refractivity contribution < 1.29 is 5.11 Å². The first-order chi connectivity index (χ1) is 9.14. The van der Waals surface area contributed by atoms with E-state index in [1.807, 2.05) is 7.05 Å². The molecule has 1 saturated heterocycles. The summed E-state index contributed by atoms with van der Waals surface area (Å²) in [6.07, 6.45) is 6.00. The zero-order chi connectivity index (χ0) is 13.9. The van der Waals surface area contributed by atoms with Gasteiger partial charge in [-0.1, -0.05) is 6.92 Å². The Kier molecular flexibility index (Phi) is 5.23. The van der Waals surface area contributed by atoms with Gasteiger partial charge in [0.1, 0.15) is 0 Å². The fraction of sp³-hybridized carbons (Fsp3) is 1.00. The highest BCUT2D eigenvalue weighted by Gasteiger charge is 2.40. The Bertz CT molecular complexity index is 273. The minimum Gasteiger partial charge on any atom is -0.394 e. The number of hydrogen-bond acceptors (Lipinski definition) is 4. The molecule has 0 aromatic heterocycles. The highest BCUT2D eigenvalue weighted by atomic mass is 16.3. The normalized spacial score (nSPS) is 34.3. The third-order valence-corrected chi connectivity index (χ3v) is 5.57. The molecule has 112 valence electrons. The lowest BCUT2D eigenvalue weighted by Crippen LogP contribution is -2.49. The number of likely N-dealkylation sites (tertiary alicyclic amines) is 1. The molecule has 19 heavy (non-hydrogen) atoms. The number of aliphatic hydroxyl groups is 1. The molecule has 0 aromatic carbocycles.